The Morgan fingerprint density at radius 1 is 1.23 bits per heavy atom. The van der Waals surface area contributed by atoms with Gasteiger partial charge in [-0.1, -0.05) is 0 Å². The van der Waals surface area contributed by atoms with E-state index in [1.54, 1.807) is 0 Å². The average molecular weight is 364 g/mol. The van der Waals surface area contributed by atoms with E-state index in [4.69, 9.17) is 5.11 Å². The highest BCUT2D eigenvalue weighted by molar-refractivity contribution is 7.97. The Hall–Kier alpha value is -0.0200. The van der Waals surface area contributed by atoms with Crippen LogP contribution in [0.15, 0.2) is 0 Å². The van der Waals surface area contributed by atoms with Crippen LogP contribution in [0.1, 0.15) is 0 Å². The number of aliphatic hydroxyl groups is 6. The van der Waals surface area contributed by atoms with Crippen molar-refractivity contribution in [3.63, 3.8) is 0 Å². The standard InChI is InChI=1S/C10H20O10S2/c11-1-5(13)10(20-22(17,18)19)7(15)4-21-3-6(14)9(16)8(21)2-12/h5-16H,1-4H2/t5-,6-,7-,8-,9+,10+,21?/m1/s1. The summed E-state index contributed by atoms with van der Waals surface area (Å²) < 4.78 is 35.9. The fraction of sp³-hybridized carbons (Fsp3) is 1.00. The predicted octanol–water partition coefficient (Wildman–Crippen LogP) is -4.74. The molecule has 10 nitrogen and oxygen atoms in total. The topological polar surface area (TPSA) is 188 Å². The molecule has 1 fully saturated rings. The lowest BCUT2D eigenvalue weighted by atomic mass is 10.1. The van der Waals surface area contributed by atoms with E-state index < -0.39 is 70.3 Å². The van der Waals surface area contributed by atoms with Crippen molar-refractivity contribution in [2.24, 2.45) is 0 Å². The lowest BCUT2D eigenvalue weighted by Crippen LogP contribution is -2.47. The lowest BCUT2D eigenvalue weighted by molar-refractivity contribution is -0.0567. The van der Waals surface area contributed by atoms with E-state index in [1.807, 2.05) is 0 Å². The number of aliphatic hydroxyl groups excluding tert-OH is 6. The molecule has 0 amide bonds. The van der Waals surface area contributed by atoms with Gasteiger partial charge in [-0.3, -0.25) is 4.18 Å². The molecule has 0 aliphatic carbocycles. The van der Waals surface area contributed by atoms with Gasteiger partial charge in [-0.25, -0.2) is 8.42 Å². The molecule has 22 heavy (non-hydrogen) atoms. The van der Waals surface area contributed by atoms with Gasteiger partial charge in [-0.15, -0.1) is 0 Å². The molecular weight excluding hydrogens is 344 g/mol. The molecule has 12 heteroatoms. The maximum absolute atomic E-state index is 10.6. The van der Waals surface area contributed by atoms with Gasteiger partial charge in [0.05, 0.1) is 13.2 Å². The maximum Gasteiger partial charge on any atom is 0.218 e. The van der Waals surface area contributed by atoms with Crippen LogP contribution >= 0.6 is 0 Å². The third-order valence-corrected chi connectivity index (χ3v) is 6.61. The summed E-state index contributed by atoms with van der Waals surface area (Å²) in [5, 5.41) is 56.0. The minimum absolute atomic E-state index is 0.0650. The van der Waals surface area contributed by atoms with Gasteiger partial charge in [0.25, 0.3) is 0 Å². The molecule has 0 bridgehead atoms. The fourth-order valence-electron chi connectivity index (χ4n) is 2.23. The summed E-state index contributed by atoms with van der Waals surface area (Å²) >= 11 is 0. The van der Waals surface area contributed by atoms with E-state index in [9.17, 15) is 38.5 Å². The smallest absolute Gasteiger partial charge is 0.218 e. The van der Waals surface area contributed by atoms with Crippen molar-refractivity contribution in [2.75, 3.05) is 24.7 Å². The molecular formula is C10H20O10S2. The van der Waals surface area contributed by atoms with Gasteiger partial charge >= 0.3 is 0 Å². The molecule has 1 saturated heterocycles. The van der Waals surface area contributed by atoms with Crippen LogP contribution in [-0.2, 0) is 25.5 Å². The van der Waals surface area contributed by atoms with Crippen molar-refractivity contribution >= 4 is 21.3 Å². The Labute approximate surface area is 130 Å². The van der Waals surface area contributed by atoms with Crippen molar-refractivity contribution in [2.45, 2.75) is 35.8 Å². The van der Waals surface area contributed by atoms with Gasteiger partial charge in [0, 0.05) is 10.9 Å². The van der Waals surface area contributed by atoms with Gasteiger partial charge < -0.3 is 35.2 Å². The lowest BCUT2D eigenvalue weighted by Gasteiger charge is -2.27. The molecule has 7 atom stereocenters. The molecule has 0 aromatic carbocycles. The van der Waals surface area contributed by atoms with Gasteiger partial charge in [0.15, 0.2) is 5.25 Å². The van der Waals surface area contributed by atoms with Crippen LogP contribution in [0, 0.1) is 0 Å². The van der Waals surface area contributed by atoms with Crippen molar-refractivity contribution in [3.05, 3.63) is 0 Å². The Morgan fingerprint density at radius 2 is 1.82 bits per heavy atom. The van der Waals surface area contributed by atoms with Crippen LogP contribution in [0.5, 0.6) is 0 Å². The third-order valence-electron chi connectivity index (χ3n) is 3.33. The highest BCUT2D eigenvalue weighted by Gasteiger charge is 2.51. The summed E-state index contributed by atoms with van der Waals surface area (Å²) in [4.78, 5) is 0. The second-order valence-electron chi connectivity index (χ2n) is 4.94. The minimum Gasteiger partial charge on any atom is -0.726 e. The van der Waals surface area contributed by atoms with Crippen LogP contribution in [0.2, 0.25) is 0 Å². The highest BCUT2D eigenvalue weighted by atomic mass is 32.3. The van der Waals surface area contributed by atoms with Crippen LogP contribution < -0.4 is 0 Å². The molecule has 0 aromatic rings. The summed E-state index contributed by atoms with van der Waals surface area (Å²) in [5.41, 5.74) is 0. The molecule has 1 unspecified atom stereocenters. The quantitative estimate of drug-likeness (QED) is 0.139. The zero-order valence-corrected chi connectivity index (χ0v) is 13.1. The number of hydrogen-bond acceptors (Lipinski definition) is 10. The first kappa shape index (κ1) is 20.0. The zero-order valence-electron chi connectivity index (χ0n) is 11.4. The molecule has 1 aliphatic rings. The van der Waals surface area contributed by atoms with Crippen LogP contribution in [0.25, 0.3) is 0 Å². The van der Waals surface area contributed by atoms with Crippen molar-refractivity contribution in [3.8, 4) is 0 Å². The Balaban J connectivity index is 2.80. The van der Waals surface area contributed by atoms with E-state index in [0.717, 1.165) is 0 Å². The Bertz CT molecular complexity index is 443. The molecule has 132 valence electrons. The summed E-state index contributed by atoms with van der Waals surface area (Å²) in [6.07, 6.45) is -7.63. The summed E-state index contributed by atoms with van der Waals surface area (Å²) in [5.74, 6) is -0.161. The first-order valence-electron chi connectivity index (χ1n) is 6.35. The second-order valence-corrected chi connectivity index (χ2v) is 8.29. The maximum atomic E-state index is 10.6. The SMILES string of the molecule is O=S(=O)([O-])O[C@@H]([C@H](O)CO)[C@H](O)C[S+]1C[C@@H](O)[C@H](O)[C@H]1CO. The summed E-state index contributed by atoms with van der Waals surface area (Å²) in [7, 11) is -6.12. The van der Waals surface area contributed by atoms with E-state index in [2.05, 4.69) is 4.18 Å². The largest absolute Gasteiger partial charge is 0.726 e. The third kappa shape index (κ3) is 5.26. The van der Waals surface area contributed by atoms with Gasteiger partial charge in [-0.05, 0) is 0 Å². The Morgan fingerprint density at radius 3 is 2.27 bits per heavy atom. The number of hydrogen-bond donors (Lipinski definition) is 6. The van der Waals surface area contributed by atoms with Gasteiger partial charge in [-0.2, -0.15) is 0 Å². The molecule has 0 radical (unpaired) electrons. The Kier molecular flexibility index (Phi) is 7.45. The van der Waals surface area contributed by atoms with E-state index in [-0.39, 0.29) is 11.5 Å². The predicted molar refractivity (Wildman–Crippen MR) is 73.7 cm³/mol. The van der Waals surface area contributed by atoms with E-state index in [1.165, 1.54) is 0 Å². The van der Waals surface area contributed by atoms with Crippen LogP contribution in [0.3, 0.4) is 0 Å². The van der Waals surface area contributed by atoms with Gasteiger partial charge in [0.2, 0.25) is 10.4 Å². The van der Waals surface area contributed by atoms with Crippen molar-refractivity contribution < 1.29 is 47.8 Å². The average Bonchev–Trinajstić information content (AvgIpc) is 2.68. The zero-order chi connectivity index (χ0) is 17.1. The summed E-state index contributed by atoms with van der Waals surface area (Å²) in [6, 6.07) is 0. The fourth-order valence-corrected chi connectivity index (χ4v) is 5.44. The highest BCUT2D eigenvalue weighted by Crippen LogP contribution is 2.25. The molecule has 1 heterocycles. The molecule has 1 aliphatic heterocycles. The monoisotopic (exact) mass is 364 g/mol. The second kappa shape index (κ2) is 8.19. The minimum atomic E-state index is -5.22. The summed E-state index contributed by atoms with van der Waals surface area (Å²) in [6.45, 7) is -1.40. The van der Waals surface area contributed by atoms with E-state index in [0.29, 0.717) is 0 Å². The van der Waals surface area contributed by atoms with Gasteiger partial charge in [0.1, 0.15) is 42.0 Å². The van der Waals surface area contributed by atoms with Crippen molar-refractivity contribution in [1.29, 1.82) is 0 Å². The molecule has 0 spiro atoms. The molecule has 0 saturated carbocycles. The van der Waals surface area contributed by atoms with E-state index >= 15 is 0 Å². The first-order chi connectivity index (χ1) is 10.1. The van der Waals surface area contributed by atoms with Crippen LogP contribution in [0.4, 0.5) is 0 Å². The molecule has 1 rings (SSSR count). The van der Waals surface area contributed by atoms with Crippen LogP contribution in [-0.4, -0.2) is 104 Å². The van der Waals surface area contributed by atoms with Crippen molar-refractivity contribution in [1.82, 2.24) is 0 Å². The number of rotatable bonds is 8. The first-order valence-corrected chi connectivity index (χ1v) is 9.31. The molecule has 6 N–H and O–H groups in total. The normalized spacial score (nSPS) is 33.6. The molecule has 0 aromatic heterocycles.